The predicted octanol–water partition coefficient (Wildman–Crippen LogP) is -0.332. The first-order valence-electron chi connectivity index (χ1n) is 1.93. The fraction of sp³-hybridized carbons (Fsp3) is 0.250. The molecule has 1 heterocycles. The summed E-state index contributed by atoms with van der Waals surface area (Å²) in [5.74, 6) is 0. The van der Waals surface area contributed by atoms with Crippen LogP contribution in [0.2, 0.25) is 0 Å². The summed E-state index contributed by atoms with van der Waals surface area (Å²) in [7, 11) is 0. The van der Waals surface area contributed by atoms with Gasteiger partial charge >= 0.3 is 0 Å². The van der Waals surface area contributed by atoms with Gasteiger partial charge in [0.1, 0.15) is 12.4 Å². The van der Waals surface area contributed by atoms with Crippen molar-refractivity contribution in [2.45, 2.75) is 0 Å². The highest BCUT2D eigenvalue weighted by atomic mass is 16.1. The molecule has 0 bridgehead atoms. The molecule has 0 unspecified atom stereocenters. The maximum Gasteiger partial charge on any atom is 0.169 e. The standard InChI is InChI=1S/C4H4N2O/c7-2-4-1-5-3-6-4/h1-2H,3H2. The molecule has 1 aliphatic heterocycles. The third-order valence-electron chi connectivity index (χ3n) is 0.679. The van der Waals surface area contributed by atoms with Crippen LogP contribution in [0.15, 0.2) is 9.98 Å². The monoisotopic (exact) mass is 96.0 g/mol. The summed E-state index contributed by atoms with van der Waals surface area (Å²) < 4.78 is 0. The fourth-order valence-electron chi connectivity index (χ4n) is 0.365. The summed E-state index contributed by atoms with van der Waals surface area (Å²) in [5, 5.41) is 0. The van der Waals surface area contributed by atoms with Gasteiger partial charge in [-0.1, -0.05) is 0 Å². The summed E-state index contributed by atoms with van der Waals surface area (Å²) in [4.78, 5) is 17.1. The Balaban J connectivity index is 2.69. The first-order valence-corrected chi connectivity index (χ1v) is 1.93. The molecule has 1 aliphatic rings. The summed E-state index contributed by atoms with van der Waals surface area (Å²) >= 11 is 0. The molecular formula is C4H4N2O. The first kappa shape index (κ1) is 4.18. The van der Waals surface area contributed by atoms with E-state index in [1.54, 1.807) is 0 Å². The molecular weight excluding hydrogens is 92.1 g/mol. The fourth-order valence-corrected chi connectivity index (χ4v) is 0.365. The summed E-state index contributed by atoms with van der Waals surface area (Å²) in [6.07, 6.45) is 2.16. The Kier molecular flexibility index (Phi) is 0.978. The van der Waals surface area contributed by atoms with E-state index in [1.807, 2.05) is 0 Å². The Hall–Kier alpha value is -0.990. The van der Waals surface area contributed by atoms with E-state index in [2.05, 4.69) is 9.98 Å². The van der Waals surface area contributed by atoms with Crippen molar-refractivity contribution in [3.63, 3.8) is 0 Å². The Labute approximate surface area is 40.8 Å². The Bertz CT molecular complexity index is 137. The molecule has 3 nitrogen and oxygen atoms in total. The highest BCUT2D eigenvalue weighted by molar-refractivity contribution is 6.55. The molecule has 0 saturated carbocycles. The topological polar surface area (TPSA) is 41.8 Å². The average Bonchev–Trinajstić information content (AvgIpc) is 2.14. The number of hydrogen-bond donors (Lipinski definition) is 0. The molecule has 0 aromatic heterocycles. The maximum atomic E-state index is 9.79. The lowest BCUT2D eigenvalue weighted by Gasteiger charge is -1.69. The molecule has 7 heavy (non-hydrogen) atoms. The third kappa shape index (κ3) is 0.707. The van der Waals surface area contributed by atoms with Crippen LogP contribution < -0.4 is 0 Å². The van der Waals surface area contributed by atoms with Gasteiger partial charge in [-0.15, -0.1) is 0 Å². The van der Waals surface area contributed by atoms with Gasteiger partial charge in [0.15, 0.2) is 6.29 Å². The molecule has 0 aromatic rings. The molecule has 0 aliphatic carbocycles. The Morgan fingerprint density at radius 3 is 3.00 bits per heavy atom. The van der Waals surface area contributed by atoms with Crippen molar-refractivity contribution in [1.82, 2.24) is 0 Å². The van der Waals surface area contributed by atoms with Crippen LogP contribution in [0.25, 0.3) is 0 Å². The molecule has 0 spiro atoms. The van der Waals surface area contributed by atoms with Crippen LogP contribution in [0.3, 0.4) is 0 Å². The number of carbonyl (C=O) groups excluding carboxylic acids is 1. The van der Waals surface area contributed by atoms with Crippen LogP contribution in [0.5, 0.6) is 0 Å². The van der Waals surface area contributed by atoms with Gasteiger partial charge in [0, 0.05) is 0 Å². The lowest BCUT2D eigenvalue weighted by atomic mass is 10.5. The van der Waals surface area contributed by atoms with E-state index >= 15 is 0 Å². The van der Waals surface area contributed by atoms with Crippen LogP contribution in [-0.4, -0.2) is 24.9 Å². The van der Waals surface area contributed by atoms with Crippen LogP contribution >= 0.6 is 0 Å². The second kappa shape index (κ2) is 1.64. The molecule has 0 atom stereocenters. The summed E-state index contributed by atoms with van der Waals surface area (Å²) in [6.45, 7) is 0.425. The van der Waals surface area contributed by atoms with Crippen LogP contribution in [0.4, 0.5) is 0 Å². The number of carbonyl (C=O) groups is 1. The molecule has 0 saturated heterocycles. The molecule has 3 heteroatoms. The number of hydrogen-bond acceptors (Lipinski definition) is 3. The number of aldehydes is 1. The lowest BCUT2D eigenvalue weighted by molar-refractivity contribution is -0.102. The van der Waals surface area contributed by atoms with E-state index in [0.29, 0.717) is 18.7 Å². The van der Waals surface area contributed by atoms with Crippen LogP contribution in [0.1, 0.15) is 0 Å². The zero-order valence-electron chi connectivity index (χ0n) is 3.66. The zero-order chi connectivity index (χ0) is 5.11. The van der Waals surface area contributed by atoms with E-state index in [1.165, 1.54) is 6.21 Å². The van der Waals surface area contributed by atoms with Crippen molar-refractivity contribution in [2.75, 3.05) is 6.67 Å². The normalized spacial score (nSPS) is 16.9. The zero-order valence-corrected chi connectivity index (χ0v) is 3.66. The average molecular weight is 96.1 g/mol. The van der Waals surface area contributed by atoms with Crippen LogP contribution in [-0.2, 0) is 4.79 Å². The molecule has 0 N–H and O–H groups in total. The van der Waals surface area contributed by atoms with Gasteiger partial charge < -0.3 is 0 Å². The second-order valence-electron chi connectivity index (χ2n) is 1.15. The van der Waals surface area contributed by atoms with Gasteiger partial charge in [0.05, 0.1) is 6.21 Å². The predicted molar refractivity (Wildman–Crippen MR) is 26.9 cm³/mol. The van der Waals surface area contributed by atoms with Gasteiger partial charge in [-0.25, -0.2) is 0 Å². The molecule has 36 valence electrons. The van der Waals surface area contributed by atoms with Gasteiger partial charge in [0.25, 0.3) is 0 Å². The Morgan fingerprint density at radius 2 is 2.71 bits per heavy atom. The summed E-state index contributed by atoms with van der Waals surface area (Å²) in [5.41, 5.74) is 0.444. The van der Waals surface area contributed by atoms with E-state index in [-0.39, 0.29) is 0 Å². The second-order valence-corrected chi connectivity index (χ2v) is 1.15. The van der Waals surface area contributed by atoms with Gasteiger partial charge in [-0.3, -0.25) is 14.8 Å². The van der Waals surface area contributed by atoms with Crippen molar-refractivity contribution in [2.24, 2.45) is 9.98 Å². The highest BCUT2D eigenvalue weighted by Crippen LogP contribution is 1.81. The van der Waals surface area contributed by atoms with Crippen molar-refractivity contribution in [3.05, 3.63) is 0 Å². The largest absolute Gasteiger partial charge is 0.296 e. The molecule has 1 rings (SSSR count). The van der Waals surface area contributed by atoms with E-state index < -0.39 is 0 Å². The van der Waals surface area contributed by atoms with E-state index in [9.17, 15) is 4.79 Å². The molecule has 0 aromatic carbocycles. The number of rotatable bonds is 1. The quantitative estimate of drug-likeness (QED) is 0.412. The van der Waals surface area contributed by atoms with Crippen molar-refractivity contribution >= 4 is 18.2 Å². The minimum atomic E-state index is 0.425. The van der Waals surface area contributed by atoms with E-state index in [4.69, 9.17) is 0 Å². The maximum absolute atomic E-state index is 9.79. The minimum Gasteiger partial charge on any atom is -0.296 e. The smallest absolute Gasteiger partial charge is 0.169 e. The number of aliphatic imine (C=N–C) groups is 2. The van der Waals surface area contributed by atoms with Crippen molar-refractivity contribution in [3.8, 4) is 0 Å². The van der Waals surface area contributed by atoms with Crippen LogP contribution in [0, 0.1) is 0 Å². The third-order valence-corrected chi connectivity index (χ3v) is 0.679. The Morgan fingerprint density at radius 1 is 1.86 bits per heavy atom. The van der Waals surface area contributed by atoms with Gasteiger partial charge in [0.2, 0.25) is 0 Å². The lowest BCUT2D eigenvalue weighted by Crippen LogP contribution is -1.94. The molecule has 0 amide bonds. The number of nitrogens with zero attached hydrogens (tertiary/aromatic N) is 2. The van der Waals surface area contributed by atoms with Gasteiger partial charge in [-0.2, -0.15) is 0 Å². The van der Waals surface area contributed by atoms with Gasteiger partial charge in [-0.05, 0) is 0 Å². The molecule has 0 fully saturated rings. The molecule has 0 radical (unpaired) electrons. The minimum absolute atomic E-state index is 0.425. The van der Waals surface area contributed by atoms with Crippen molar-refractivity contribution in [1.29, 1.82) is 0 Å². The summed E-state index contributed by atoms with van der Waals surface area (Å²) in [6, 6.07) is 0. The van der Waals surface area contributed by atoms with E-state index in [0.717, 1.165) is 0 Å². The SMILES string of the molecule is O=CC1=NCN=C1. The first-order chi connectivity index (χ1) is 3.43. The highest BCUT2D eigenvalue weighted by Gasteiger charge is 1.93. The van der Waals surface area contributed by atoms with Crippen molar-refractivity contribution < 1.29 is 4.79 Å².